The molecule has 0 saturated carbocycles. The molecule has 0 aliphatic rings. The molecule has 0 N–H and O–H groups in total. The minimum atomic E-state index is -0.176. The Morgan fingerprint density at radius 1 is 1.00 bits per heavy atom. The van der Waals surface area contributed by atoms with Crippen molar-refractivity contribution in [2.75, 3.05) is 13.6 Å². The molecule has 0 amide bonds. The first-order chi connectivity index (χ1) is 9.31. The molecule has 2 aromatic rings. The van der Waals surface area contributed by atoms with Crippen LogP contribution in [-0.2, 0) is 6.42 Å². The maximum Gasteiger partial charge on any atom is 0.123 e. The number of nitriles is 1. The predicted molar refractivity (Wildman–Crippen MR) is 77.6 cm³/mol. The second kappa shape index (κ2) is 6.72. The summed E-state index contributed by atoms with van der Waals surface area (Å²) in [6.45, 7) is 0.872. The highest BCUT2D eigenvalue weighted by molar-refractivity contribution is 5.24. The molecule has 0 spiro atoms. The van der Waals surface area contributed by atoms with E-state index < -0.39 is 0 Å². The van der Waals surface area contributed by atoms with Gasteiger partial charge in [-0.15, -0.1) is 0 Å². The molecular formula is C17H18N2. The molecule has 1 unspecified atom stereocenters. The SMILES string of the molecule is CN(CCc1ccccc1)C(C#N)c1ccccc1. The van der Waals surface area contributed by atoms with Crippen LogP contribution in [-0.4, -0.2) is 18.5 Å². The van der Waals surface area contributed by atoms with Gasteiger partial charge in [-0.25, -0.2) is 0 Å². The molecule has 19 heavy (non-hydrogen) atoms. The van der Waals surface area contributed by atoms with E-state index in [1.54, 1.807) is 0 Å². The number of nitrogens with zero attached hydrogens (tertiary/aromatic N) is 2. The van der Waals surface area contributed by atoms with Crippen LogP contribution in [0.5, 0.6) is 0 Å². The maximum atomic E-state index is 9.36. The molecule has 2 heteroatoms. The molecule has 0 fully saturated rings. The molecule has 96 valence electrons. The Kier molecular flexibility index (Phi) is 4.72. The van der Waals surface area contributed by atoms with Crippen molar-refractivity contribution in [2.45, 2.75) is 12.5 Å². The zero-order chi connectivity index (χ0) is 13.5. The van der Waals surface area contributed by atoms with Crippen LogP contribution >= 0.6 is 0 Å². The lowest BCUT2D eigenvalue weighted by Crippen LogP contribution is -2.25. The van der Waals surface area contributed by atoms with E-state index in [1.165, 1.54) is 5.56 Å². The van der Waals surface area contributed by atoms with Crippen LogP contribution in [0, 0.1) is 11.3 Å². The summed E-state index contributed by atoms with van der Waals surface area (Å²) in [5, 5.41) is 9.36. The second-order valence-electron chi connectivity index (χ2n) is 4.66. The lowest BCUT2D eigenvalue weighted by molar-refractivity contribution is 0.295. The van der Waals surface area contributed by atoms with Gasteiger partial charge in [0.05, 0.1) is 6.07 Å². The fourth-order valence-electron chi connectivity index (χ4n) is 2.14. The van der Waals surface area contributed by atoms with Crippen LogP contribution < -0.4 is 0 Å². The number of likely N-dealkylation sites (N-methyl/N-ethyl adjacent to an activating group) is 1. The number of hydrogen-bond acceptors (Lipinski definition) is 2. The Morgan fingerprint density at radius 3 is 2.16 bits per heavy atom. The summed E-state index contributed by atoms with van der Waals surface area (Å²) in [6.07, 6.45) is 0.961. The predicted octanol–water partition coefficient (Wildman–Crippen LogP) is 3.43. The molecule has 2 nitrogen and oxygen atoms in total. The van der Waals surface area contributed by atoms with E-state index in [-0.39, 0.29) is 6.04 Å². The van der Waals surface area contributed by atoms with Crippen molar-refractivity contribution in [3.8, 4) is 6.07 Å². The molecule has 2 rings (SSSR count). The topological polar surface area (TPSA) is 27.0 Å². The third-order valence-corrected chi connectivity index (χ3v) is 3.27. The lowest BCUT2D eigenvalue weighted by Gasteiger charge is -2.22. The van der Waals surface area contributed by atoms with Gasteiger partial charge in [-0.3, -0.25) is 4.90 Å². The van der Waals surface area contributed by atoms with Crippen LogP contribution in [0.15, 0.2) is 60.7 Å². The molecule has 0 aliphatic carbocycles. The minimum Gasteiger partial charge on any atom is -0.287 e. The minimum absolute atomic E-state index is 0.176. The first-order valence-electron chi connectivity index (χ1n) is 6.50. The van der Waals surface area contributed by atoms with Crippen molar-refractivity contribution in [2.24, 2.45) is 0 Å². The first-order valence-corrected chi connectivity index (χ1v) is 6.50. The molecule has 0 aromatic heterocycles. The summed E-state index contributed by atoms with van der Waals surface area (Å²) in [7, 11) is 2.00. The summed E-state index contributed by atoms with van der Waals surface area (Å²) in [6, 6.07) is 22.5. The monoisotopic (exact) mass is 250 g/mol. The van der Waals surface area contributed by atoms with E-state index in [1.807, 2.05) is 55.6 Å². The highest BCUT2D eigenvalue weighted by Crippen LogP contribution is 2.18. The smallest absolute Gasteiger partial charge is 0.123 e. The largest absolute Gasteiger partial charge is 0.287 e. The normalized spacial score (nSPS) is 12.1. The van der Waals surface area contributed by atoms with Crippen LogP contribution in [0.4, 0.5) is 0 Å². The molecule has 0 saturated heterocycles. The summed E-state index contributed by atoms with van der Waals surface area (Å²) in [5.74, 6) is 0. The summed E-state index contributed by atoms with van der Waals surface area (Å²) < 4.78 is 0. The fraction of sp³-hybridized carbons (Fsp3) is 0.235. The highest BCUT2D eigenvalue weighted by Gasteiger charge is 2.15. The Labute approximate surface area is 114 Å². The van der Waals surface area contributed by atoms with Crippen molar-refractivity contribution in [1.82, 2.24) is 4.90 Å². The van der Waals surface area contributed by atoms with E-state index in [2.05, 4.69) is 23.1 Å². The van der Waals surface area contributed by atoms with Crippen molar-refractivity contribution < 1.29 is 0 Å². The third-order valence-electron chi connectivity index (χ3n) is 3.27. The molecule has 0 heterocycles. The van der Waals surface area contributed by atoms with E-state index in [0.717, 1.165) is 18.5 Å². The summed E-state index contributed by atoms with van der Waals surface area (Å²) in [5.41, 5.74) is 2.36. The summed E-state index contributed by atoms with van der Waals surface area (Å²) >= 11 is 0. The number of rotatable bonds is 5. The lowest BCUT2D eigenvalue weighted by atomic mass is 10.1. The molecule has 1 atom stereocenters. The van der Waals surface area contributed by atoms with Crippen LogP contribution in [0.25, 0.3) is 0 Å². The van der Waals surface area contributed by atoms with E-state index in [0.29, 0.717) is 0 Å². The molecule has 0 bridgehead atoms. The van der Waals surface area contributed by atoms with E-state index in [4.69, 9.17) is 0 Å². The van der Waals surface area contributed by atoms with E-state index in [9.17, 15) is 5.26 Å². The van der Waals surface area contributed by atoms with Gasteiger partial charge < -0.3 is 0 Å². The zero-order valence-electron chi connectivity index (χ0n) is 11.2. The average Bonchev–Trinajstić information content (AvgIpc) is 2.48. The van der Waals surface area contributed by atoms with Gasteiger partial charge in [0.15, 0.2) is 0 Å². The van der Waals surface area contributed by atoms with Gasteiger partial charge in [0.25, 0.3) is 0 Å². The second-order valence-corrected chi connectivity index (χ2v) is 4.66. The van der Waals surface area contributed by atoms with Gasteiger partial charge in [0.2, 0.25) is 0 Å². The molecule has 2 aromatic carbocycles. The van der Waals surface area contributed by atoms with Crippen LogP contribution in [0.3, 0.4) is 0 Å². The van der Waals surface area contributed by atoms with E-state index >= 15 is 0 Å². The Hall–Kier alpha value is -2.11. The van der Waals surface area contributed by atoms with Crippen LogP contribution in [0.2, 0.25) is 0 Å². The first kappa shape index (κ1) is 13.3. The van der Waals surface area contributed by atoms with Gasteiger partial charge in [-0.05, 0) is 24.6 Å². The molecule has 0 radical (unpaired) electrons. The standard InChI is InChI=1S/C17H18N2/c1-19(13-12-15-8-4-2-5-9-15)17(14-18)16-10-6-3-7-11-16/h2-11,17H,12-13H2,1H3. The zero-order valence-corrected chi connectivity index (χ0v) is 11.2. The highest BCUT2D eigenvalue weighted by atomic mass is 15.1. The van der Waals surface area contributed by atoms with Crippen LogP contribution in [0.1, 0.15) is 17.2 Å². The van der Waals surface area contributed by atoms with Crippen molar-refractivity contribution in [3.63, 3.8) is 0 Å². The number of hydrogen-bond donors (Lipinski definition) is 0. The van der Waals surface area contributed by atoms with Crippen molar-refractivity contribution in [1.29, 1.82) is 5.26 Å². The van der Waals surface area contributed by atoms with Gasteiger partial charge in [-0.2, -0.15) is 5.26 Å². The Bertz CT molecular complexity index is 528. The average molecular weight is 250 g/mol. The number of benzene rings is 2. The Balaban J connectivity index is 1.99. The van der Waals surface area contributed by atoms with Gasteiger partial charge >= 0.3 is 0 Å². The van der Waals surface area contributed by atoms with Gasteiger partial charge in [-0.1, -0.05) is 60.7 Å². The van der Waals surface area contributed by atoms with Gasteiger partial charge in [0.1, 0.15) is 6.04 Å². The third kappa shape index (κ3) is 3.67. The fourth-order valence-corrected chi connectivity index (χ4v) is 2.14. The van der Waals surface area contributed by atoms with Crippen molar-refractivity contribution in [3.05, 3.63) is 71.8 Å². The Morgan fingerprint density at radius 2 is 1.58 bits per heavy atom. The van der Waals surface area contributed by atoms with Gasteiger partial charge in [0, 0.05) is 6.54 Å². The molecule has 0 aliphatic heterocycles. The maximum absolute atomic E-state index is 9.36. The summed E-state index contributed by atoms with van der Waals surface area (Å²) in [4.78, 5) is 2.10. The molecular weight excluding hydrogens is 232 g/mol. The quantitative estimate of drug-likeness (QED) is 0.813. The van der Waals surface area contributed by atoms with Crippen molar-refractivity contribution >= 4 is 0 Å².